The first-order chi connectivity index (χ1) is 11.1. The highest BCUT2D eigenvalue weighted by atomic mass is 79.9. The molecular weight excluding hydrogens is 358 g/mol. The maximum absolute atomic E-state index is 12.3. The average Bonchev–Trinajstić information content (AvgIpc) is 3.36. The van der Waals surface area contributed by atoms with Crippen LogP contribution in [-0.4, -0.2) is 19.0 Å². The zero-order valence-electron chi connectivity index (χ0n) is 12.6. The number of nitrogens with one attached hydrogen (secondary N) is 1. The van der Waals surface area contributed by atoms with Gasteiger partial charge in [-0.05, 0) is 54.3 Å². The third-order valence-corrected chi connectivity index (χ3v) is 4.53. The summed E-state index contributed by atoms with van der Waals surface area (Å²) >= 11 is 3.41. The van der Waals surface area contributed by atoms with Crippen LogP contribution in [0.25, 0.3) is 0 Å². The van der Waals surface area contributed by atoms with E-state index in [1.165, 1.54) is 12.7 Å². The lowest BCUT2D eigenvalue weighted by Gasteiger charge is -2.06. The first-order valence-electron chi connectivity index (χ1n) is 7.33. The smallest absolute Gasteiger partial charge is 0.337 e. The van der Waals surface area contributed by atoms with E-state index in [2.05, 4.69) is 26.0 Å². The van der Waals surface area contributed by atoms with Gasteiger partial charge in [0.1, 0.15) is 0 Å². The molecule has 2 aromatic carbocycles. The predicted molar refractivity (Wildman–Crippen MR) is 91.4 cm³/mol. The first-order valence-corrected chi connectivity index (χ1v) is 8.12. The van der Waals surface area contributed by atoms with Gasteiger partial charge >= 0.3 is 5.97 Å². The third-order valence-electron chi connectivity index (χ3n) is 4.00. The molecular formula is C18H16BrNO3. The molecule has 0 aromatic heterocycles. The molecule has 1 aliphatic rings. The summed E-state index contributed by atoms with van der Waals surface area (Å²) < 4.78 is 5.68. The number of rotatable bonds is 4. The second kappa shape index (κ2) is 6.54. The number of benzene rings is 2. The highest BCUT2D eigenvalue weighted by molar-refractivity contribution is 9.10. The molecule has 0 saturated heterocycles. The van der Waals surface area contributed by atoms with E-state index < -0.39 is 0 Å². The van der Waals surface area contributed by atoms with Crippen LogP contribution in [0.15, 0.2) is 53.0 Å². The van der Waals surface area contributed by atoms with E-state index in [0.29, 0.717) is 11.3 Å². The topological polar surface area (TPSA) is 55.4 Å². The number of ether oxygens (including phenoxy) is 1. The highest BCUT2D eigenvalue weighted by Crippen LogP contribution is 2.48. The number of methoxy groups -OCH3 is 1. The molecule has 1 aliphatic carbocycles. The van der Waals surface area contributed by atoms with Gasteiger partial charge in [-0.1, -0.05) is 28.1 Å². The van der Waals surface area contributed by atoms with Gasteiger partial charge in [0.15, 0.2) is 0 Å². The number of amides is 1. The third kappa shape index (κ3) is 3.62. The van der Waals surface area contributed by atoms with Crippen molar-refractivity contribution in [3.05, 3.63) is 64.1 Å². The molecule has 2 aromatic rings. The standard InChI is InChI=1S/C18H16BrNO3/c1-23-18(22)12-4-8-14(9-5-12)20-17(21)16-10-15(16)11-2-6-13(19)7-3-11/h2-9,15-16H,10H2,1H3,(H,20,21). The van der Waals surface area contributed by atoms with Crippen LogP contribution < -0.4 is 5.32 Å². The molecule has 1 saturated carbocycles. The minimum Gasteiger partial charge on any atom is -0.465 e. The molecule has 0 radical (unpaired) electrons. The molecule has 0 aliphatic heterocycles. The molecule has 0 bridgehead atoms. The zero-order valence-corrected chi connectivity index (χ0v) is 14.2. The van der Waals surface area contributed by atoms with Crippen molar-refractivity contribution in [1.82, 2.24) is 0 Å². The lowest BCUT2D eigenvalue weighted by Crippen LogP contribution is -2.14. The average molecular weight is 374 g/mol. The Kier molecular flexibility index (Phi) is 4.48. The fourth-order valence-electron chi connectivity index (χ4n) is 2.61. The van der Waals surface area contributed by atoms with Crippen molar-refractivity contribution in [3.8, 4) is 0 Å². The van der Waals surface area contributed by atoms with Gasteiger partial charge in [0.2, 0.25) is 5.91 Å². The van der Waals surface area contributed by atoms with Crippen molar-refractivity contribution in [2.75, 3.05) is 12.4 Å². The molecule has 118 valence electrons. The zero-order chi connectivity index (χ0) is 16.4. The Morgan fingerprint density at radius 2 is 1.74 bits per heavy atom. The summed E-state index contributed by atoms with van der Waals surface area (Å²) in [5.41, 5.74) is 2.34. The second-order valence-electron chi connectivity index (χ2n) is 5.56. The van der Waals surface area contributed by atoms with Crippen LogP contribution in [0.2, 0.25) is 0 Å². The SMILES string of the molecule is COC(=O)c1ccc(NC(=O)C2CC2c2ccc(Br)cc2)cc1. The van der Waals surface area contributed by atoms with Gasteiger partial charge in [-0.15, -0.1) is 0 Å². The lowest BCUT2D eigenvalue weighted by molar-refractivity contribution is -0.117. The van der Waals surface area contributed by atoms with Crippen molar-refractivity contribution < 1.29 is 14.3 Å². The maximum Gasteiger partial charge on any atom is 0.337 e. The van der Waals surface area contributed by atoms with Gasteiger partial charge in [0, 0.05) is 16.1 Å². The molecule has 1 amide bonds. The van der Waals surface area contributed by atoms with Crippen molar-refractivity contribution >= 4 is 33.5 Å². The monoisotopic (exact) mass is 373 g/mol. The summed E-state index contributed by atoms with van der Waals surface area (Å²) in [5, 5.41) is 2.90. The van der Waals surface area contributed by atoms with E-state index in [1.807, 2.05) is 24.3 Å². The fourth-order valence-corrected chi connectivity index (χ4v) is 2.87. The first kappa shape index (κ1) is 15.7. The fraction of sp³-hybridized carbons (Fsp3) is 0.222. The molecule has 1 fully saturated rings. The molecule has 4 nitrogen and oxygen atoms in total. The second-order valence-corrected chi connectivity index (χ2v) is 6.47. The molecule has 3 rings (SSSR count). The Hall–Kier alpha value is -2.14. The van der Waals surface area contributed by atoms with Crippen LogP contribution in [0.4, 0.5) is 5.69 Å². The van der Waals surface area contributed by atoms with E-state index in [0.717, 1.165) is 10.9 Å². The largest absolute Gasteiger partial charge is 0.465 e. The summed E-state index contributed by atoms with van der Waals surface area (Å²) in [5.74, 6) is -0.0713. The summed E-state index contributed by atoms with van der Waals surface area (Å²) in [6.07, 6.45) is 0.869. The highest BCUT2D eigenvalue weighted by Gasteiger charge is 2.43. The Labute approximate surface area is 143 Å². The summed E-state index contributed by atoms with van der Waals surface area (Å²) in [7, 11) is 1.34. The Morgan fingerprint density at radius 3 is 2.35 bits per heavy atom. The Bertz CT molecular complexity index is 725. The maximum atomic E-state index is 12.3. The van der Waals surface area contributed by atoms with Gasteiger partial charge < -0.3 is 10.1 Å². The van der Waals surface area contributed by atoms with Gasteiger partial charge in [-0.25, -0.2) is 4.79 Å². The Balaban J connectivity index is 1.60. The lowest BCUT2D eigenvalue weighted by atomic mass is 10.1. The minimum atomic E-state index is -0.389. The molecule has 0 heterocycles. The normalized spacial score (nSPS) is 19.0. The number of carbonyl (C=O) groups excluding carboxylic acids is 2. The molecule has 23 heavy (non-hydrogen) atoms. The number of carbonyl (C=O) groups is 2. The van der Waals surface area contributed by atoms with Crippen molar-refractivity contribution in [2.45, 2.75) is 12.3 Å². The molecule has 2 unspecified atom stereocenters. The molecule has 2 atom stereocenters. The minimum absolute atomic E-state index is 0.0106. The van der Waals surface area contributed by atoms with Crippen LogP contribution in [0.3, 0.4) is 0 Å². The van der Waals surface area contributed by atoms with E-state index in [-0.39, 0.29) is 23.7 Å². The number of hydrogen-bond acceptors (Lipinski definition) is 3. The summed E-state index contributed by atoms with van der Waals surface area (Å²) in [6.45, 7) is 0. The summed E-state index contributed by atoms with van der Waals surface area (Å²) in [6, 6.07) is 14.8. The van der Waals surface area contributed by atoms with E-state index in [4.69, 9.17) is 0 Å². The van der Waals surface area contributed by atoms with Crippen LogP contribution in [0.5, 0.6) is 0 Å². The van der Waals surface area contributed by atoms with Gasteiger partial charge in [-0.3, -0.25) is 4.79 Å². The molecule has 0 spiro atoms. The molecule has 5 heteroatoms. The predicted octanol–water partition coefficient (Wildman–Crippen LogP) is 3.98. The summed E-state index contributed by atoms with van der Waals surface area (Å²) in [4.78, 5) is 23.7. The van der Waals surface area contributed by atoms with Gasteiger partial charge in [0.25, 0.3) is 0 Å². The van der Waals surface area contributed by atoms with Crippen molar-refractivity contribution in [1.29, 1.82) is 0 Å². The number of halogens is 1. The van der Waals surface area contributed by atoms with E-state index in [9.17, 15) is 9.59 Å². The van der Waals surface area contributed by atoms with Crippen molar-refractivity contribution in [2.24, 2.45) is 5.92 Å². The van der Waals surface area contributed by atoms with Crippen LogP contribution >= 0.6 is 15.9 Å². The van der Waals surface area contributed by atoms with Gasteiger partial charge in [-0.2, -0.15) is 0 Å². The van der Waals surface area contributed by atoms with E-state index in [1.54, 1.807) is 24.3 Å². The Morgan fingerprint density at radius 1 is 1.09 bits per heavy atom. The quantitative estimate of drug-likeness (QED) is 0.824. The molecule has 1 N–H and O–H groups in total. The van der Waals surface area contributed by atoms with Crippen molar-refractivity contribution in [3.63, 3.8) is 0 Å². The van der Waals surface area contributed by atoms with Crippen LogP contribution in [0, 0.1) is 5.92 Å². The number of anilines is 1. The van der Waals surface area contributed by atoms with Gasteiger partial charge in [0.05, 0.1) is 12.7 Å². The van der Waals surface area contributed by atoms with Crippen LogP contribution in [-0.2, 0) is 9.53 Å². The number of hydrogen-bond donors (Lipinski definition) is 1. The van der Waals surface area contributed by atoms with E-state index >= 15 is 0 Å². The number of esters is 1. The van der Waals surface area contributed by atoms with Crippen LogP contribution in [0.1, 0.15) is 28.3 Å².